The van der Waals surface area contributed by atoms with E-state index in [1.54, 1.807) is 12.0 Å². The van der Waals surface area contributed by atoms with Crippen LogP contribution in [0.3, 0.4) is 0 Å². The van der Waals surface area contributed by atoms with Gasteiger partial charge in [-0.1, -0.05) is 0 Å². The molecule has 0 bridgehead atoms. The molecule has 0 aliphatic rings. The largest absolute Gasteiger partial charge is 0.451 e. The Hall–Kier alpha value is -2.59. The fourth-order valence-electron chi connectivity index (χ4n) is 2.67. The quantitative estimate of drug-likeness (QED) is 0.382. The number of amides is 1. The number of rotatable bonds is 9. The third-order valence-corrected chi connectivity index (χ3v) is 4.21. The van der Waals surface area contributed by atoms with Gasteiger partial charge in [0.25, 0.3) is 5.91 Å². The lowest BCUT2D eigenvalue weighted by Gasteiger charge is -2.18. The van der Waals surface area contributed by atoms with Crippen molar-refractivity contribution in [1.29, 1.82) is 5.26 Å². The minimum atomic E-state index is -0.797. The second-order valence-electron chi connectivity index (χ2n) is 5.78. The number of aromatic nitrogens is 1. The first kappa shape index (κ1) is 21.5. The summed E-state index contributed by atoms with van der Waals surface area (Å²) in [6.07, 6.45) is 1.50. The maximum absolute atomic E-state index is 12.1. The number of hydrogen-bond acceptors (Lipinski definition) is 5. The van der Waals surface area contributed by atoms with Gasteiger partial charge in [0.2, 0.25) is 0 Å². The van der Waals surface area contributed by atoms with E-state index in [1.807, 2.05) is 39.8 Å². The predicted octanol–water partition coefficient (Wildman–Crippen LogP) is 2.07. The fraction of sp³-hybridized carbons (Fsp3) is 0.526. The van der Waals surface area contributed by atoms with Gasteiger partial charge in [-0.2, -0.15) is 5.26 Å². The summed E-state index contributed by atoms with van der Waals surface area (Å²) in [6.45, 7) is 9.54. The van der Waals surface area contributed by atoms with Crippen molar-refractivity contribution in [3.05, 3.63) is 28.6 Å². The van der Waals surface area contributed by atoms with Gasteiger partial charge in [0.05, 0.1) is 6.61 Å². The zero-order valence-corrected chi connectivity index (χ0v) is 16.2. The van der Waals surface area contributed by atoms with Crippen molar-refractivity contribution >= 4 is 18.0 Å². The Morgan fingerprint density at radius 2 is 1.96 bits per heavy atom. The van der Waals surface area contributed by atoms with Crippen LogP contribution in [0, 0.1) is 25.2 Å². The Morgan fingerprint density at radius 3 is 2.50 bits per heavy atom. The number of carbonyl (C=O) groups excluding carboxylic acids is 2. The zero-order chi connectivity index (χ0) is 19.7. The Labute approximate surface area is 154 Å². The van der Waals surface area contributed by atoms with Crippen molar-refractivity contribution in [3.8, 4) is 6.07 Å². The number of ether oxygens (including phenoxy) is 2. The van der Waals surface area contributed by atoms with Crippen molar-refractivity contribution in [2.75, 3.05) is 33.4 Å². The molecule has 0 aliphatic carbocycles. The minimum Gasteiger partial charge on any atom is -0.451 e. The highest BCUT2D eigenvalue weighted by atomic mass is 16.5. The molecule has 1 heterocycles. The second-order valence-corrected chi connectivity index (χ2v) is 5.78. The molecule has 0 saturated heterocycles. The van der Waals surface area contributed by atoms with Crippen LogP contribution in [-0.2, 0) is 25.6 Å². The summed E-state index contributed by atoms with van der Waals surface area (Å²) < 4.78 is 12.2. The zero-order valence-electron chi connectivity index (χ0n) is 16.2. The van der Waals surface area contributed by atoms with Crippen molar-refractivity contribution in [3.63, 3.8) is 0 Å². The molecule has 7 nitrogen and oxygen atoms in total. The molecule has 0 aromatic carbocycles. The number of esters is 1. The van der Waals surface area contributed by atoms with Gasteiger partial charge in [-0.15, -0.1) is 0 Å². The summed E-state index contributed by atoms with van der Waals surface area (Å²) in [5.74, 6) is -1.08. The van der Waals surface area contributed by atoms with E-state index in [2.05, 4.69) is 4.57 Å². The summed E-state index contributed by atoms with van der Waals surface area (Å²) >= 11 is 0. The van der Waals surface area contributed by atoms with Crippen LogP contribution in [0.25, 0.3) is 6.08 Å². The molecule has 142 valence electrons. The lowest BCUT2D eigenvalue weighted by molar-refractivity contribution is -0.148. The van der Waals surface area contributed by atoms with Gasteiger partial charge in [-0.05, 0) is 45.4 Å². The summed E-state index contributed by atoms with van der Waals surface area (Å²) in [6, 6.07) is 3.76. The molecule has 0 saturated carbocycles. The molecule has 1 rings (SSSR count). The summed E-state index contributed by atoms with van der Waals surface area (Å²) in [7, 11) is 1.64. The molecule has 0 fully saturated rings. The number of nitriles is 1. The molecule has 0 spiro atoms. The van der Waals surface area contributed by atoms with E-state index in [9.17, 15) is 14.9 Å². The maximum Gasteiger partial charge on any atom is 0.349 e. The van der Waals surface area contributed by atoms with Crippen LogP contribution in [-0.4, -0.2) is 54.8 Å². The average Bonchev–Trinajstić information content (AvgIpc) is 2.89. The molecule has 7 heteroatoms. The van der Waals surface area contributed by atoms with Gasteiger partial charge in [0.15, 0.2) is 6.61 Å². The van der Waals surface area contributed by atoms with Crippen LogP contribution in [0.2, 0.25) is 0 Å². The highest BCUT2D eigenvalue weighted by Crippen LogP contribution is 2.18. The van der Waals surface area contributed by atoms with E-state index in [4.69, 9.17) is 9.47 Å². The van der Waals surface area contributed by atoms with Crippen LogP contribution in [0.5, 0.6) is 0 Å². The SMILES string of the molecule is CCN(CC)C(=O)COC(=O)/C(C#N)=C/c1cc(C)n(CCOC)c1C. The van der Waals surface area contributed by atoms with E-state index in [0.717, 1.165) is 17.0 Å². The lowest BCUT2D eigenvalue weighted by atomic mass is 10.1. The molecule has 26 heavy (non-hydrogen) atoms. The number of carbonyl (C=O) groups is 2. The third kappa shape index (κ3) is 5.46. The van der Waals surface area contributed by atoms with Gasteiger partial charge in [-0.25, -0.2) is 4.79 Å². The molecule has 1 aromatic rings. The molecule has 0 aliphatic heterocycles. The van der Waals surface area contributed by atoms with Crippen molar-refractivity contribution in [2.24, 2.45) is 0 Å². The predicted molar refractivity (Wildman–Crippen MR) is 98.3 cm³/mol. The fourth-order valence-corrected chi connectivity index (χ4v) is 2.67. The topological polar surface area (TPSA) is 84.6 Å². The second kappa shape index (κ2) is 10.4. The first-order valence-electron chi connectivity index (χ1n) is 8.61. The molecular weight excluding hydrogens is 334 g/mol. The van der Waals surface area contributed by atoms with Crippen molar-refractivity contribution in [2.45, 2.75) is 34.2 Å². The van der Waals surface area contributed by atoms with Crippen molar-refractivity contribution in [1.82, 2.24) is 9.47 Å². The molecule has 0 atom stereocenters. The maximum atomic E-state index is 12.1. The smallest absolute Gasteiger partial charge is 0.349 e. The van der Waals surface area contributed by atoms with Crippen molar-refractivity contribution < 1.29 is 19.1 Å². The molecule has 0 radical (unpaired) electrons. The van der Waals surface area contributed by atoms with Gasteiger partial charge in [0, 0.05) is 38.1 Å². The number of methoxy groups -OCH3 is 1. The lowest BCUT2D eigenvalue weighted by Crippen LogP contribution is -2.34. The highest BCUT2D eigenvalue weighted by molar-refractivity contribution is 5.99. The van der Waals surface area contributed by atoms with Gasteiger partial charge in [0.1, 0.15) is 11.6 Å². The van der Waals surface area contributed by atoms with Crippen LogP contribution in [0.1, 0.15) is 30.8 Å². The van der Waals surface area contributed by atoms with Gasteiger partial charge in [-0.3, -0.25) is 4.79 Å². The summed E-state index contributed by atoms with van der Waals surface area (Å²) in [5.41, 5.74) is 2.57. The van der Waals surface area contributed by atoms with Gasteiger partial charge >= 0.3 is 5.97 Å². The molecule has 1 amide bonds. The summed E-state index contributed by atoms with van der Waals surface area (Å²) in [4.78, 5) is 25.6. The standard InChI is InChI=1S/C19H27N3O4/c1-6-21(7-2)18(23)13-26-19(24)17(12-20)11-16-10-14(3)22(15(16)4)8-9-25-5/h10-11H,6-9,13H2,1-5H3/b17-11+. The van der Waals surface area contributed by atoms with Crippen LogP contribution in [0.4, 0.5) is 0 Å². The van der Waals surface area contributed by atoms with E-state index in [1.165, 1.54) is 6.08 Å². The Kier molecular flexibility index (Phi) is 8.59. The normalized spacial score (nSPS) is 11.2. The Balaban J connectivity index is 2.90. The average molecular weight is 361 g/mol. The van der Waals surface area contributed by atoms with E-state index >= 15 is 0 Å². The number of hydrogen-bond donors (Lipinski definition) is 0. The van der Waals surface area contributed by atoms with E-state index in [-0.39, 0.29) is 18.1 Å². The van der Waals surface area contributed by atoms with Crippen LogP contribution >= 0.6 is 0 Å². The number of aryl methyl sites for hydroxylation is 1. The Bertz CT molecular complexity index is 709. The molecular formula is C19H27N3O4. The van der Waals surface area contributed by atoms with E-state index in [0.29, 0.717) is 26.2 Å². The van der Waals surface area contributed by atoms with Crippen LogP contribution < -0.4 is 0 Å². The monoisotopic (exact) mass is 361 g/mol. The van der Waals surface area contributed by atoms with Gasteiger partial charge < -0.3 is 18.9 Å². The summed E-state index contributed by atoms with van der Waals surface area (Å²) in [5, 5.41) is 9.29. The van der Waals surface area contributed by atoms with Crippen LogP contribution in [0.15, 0.2) is 11.6 Å². The number of nitrogens with zero attached hydrogens (tertiary/aromatic N) is 3. The molecule has 0 unspecified atom stereocenters. The first-order valence-corrected chi connectivity index (χ1v) is 8.61. The third-order valence-electron chi connectivity index (χ3n) is 4.21. The molecule has 1 aromatic heterocycles. The molecule has 0 N–H and O–H groups in total. The minimum absolute atomic E-state index is 0.135. The first-order chi connectivity index (χ1) is 12.4. The Morgan fingerprint density at radius 1 is 1.31 bits per heavy atom. The number of likely N-dealkylation sites (N-methyl/N-ethyl adjacent to an activating group) is 1. The highest BCUT2D eigenvalue weighted by Gasteiger charge is 2.17. The van der Waals surface area contributed by atoms with E-state index < -0.39 is 5.97 Å².